The number of nitrogens with zero attached hydrogens (tertiary/aromatic N) is 3. The molecule has 9 nitrogen and oxygen atoms in total. The van der Waals surface area contributed by atoms with Crippen LogP contribution < -0.4 is 9.80 Å². The average Bonchev–Trinajstić information content (AvgIpc) is 3.51. The summed E-state index contributed by atoms with van der Waals surface area (Å²) < 4.78 is 7.03. The predicted octanol–water partition coefficient (Wildman–Crippen LogP) is 7.23. The smallest absolute Gasteiger partial charge is 0.264 e. The Morgan fingerprint density at radius 3 is 2.46 bits per heavy atom. The number of carbonyl (C=O) groups excluding carboxylic acids is 3. The molecule has 3 aliphatic rings. The minimum absolute atomic E-state index is 0.0309. The van der Waals surface area contributed by atoms with Gasteiger partial charge >= 0.3 is 0 Å². The van der Waals surface area contributed by atoms with Crippen molar-refractivity contribution in [3.8, 4) is 0 Å². The van der Waals surface area contributed by atoms with E-state index in [0.717, 1.165) is 55.5 Å². The lowest BCUT2D eigenvalue weighted by Gasteiger charge is -2.33. The van der Waals surface area contributed by atoms with Gasteiger partial charge in [-0.15, -0.1) is 0 Å². The first-order valence-electron chi connectivity index (χ1n) is 19.2. The number of rotatable bonds is 13. The zero-order valence-electron chi connectivity index (χ0n) is 32.1. The van der Waals surface area contributed by atoms with E-state index in [1.807, 2.05) is 73.4 Å². The molecular weight excluding hydrogens is 671 g/mol. The summed E-state index contributed by atoms with van der Waals surface area (Å²) in [6.07, 6.45) is 9.75. The van der Waals surface area contributed by atoms with Crippen molar-refractivity contribution >= 4 is 37.4 Å². The number of anilines is 2. The Balaban J connectivity index is 1.54. The fraction of sp³-hybridized carbons (Fsp3) is 0.548. The van der Waals surface area contributed by atoms with E-state index < -0.39 is 31.5 Å². The second-order valence-corrected chi connectivity index (χ2v) is 19.8. The highest BCUT2D eigenvalue weighted by molar-refractivity contribution is 6.71. The lowest BCUT2D eigenvalue weighted by Crippen LogP contribution is -2.46. The molecule has 1 spiro atoms. The van der Waals surface area contributed by atoms with Crippen LogP contribution in [-0.2, 0) is 31.3 Å². The Morgan fingerprint density at radius 2 is 1.77 bits per heavy atom. The first-order valence-corrected chi connectivity index (χ1v) is 22.2. The SMILES string of the molecule is CC(C)=CCC/C(C)=C/CN1C(=O)[C@]2(O[C@H](CC(=O)N(CCO)Cc3ccccc3)[C@@H]([Si](C)(C)O)[C@@H]2C)c2cc(N3CCCCCCC3=O)ccc21. The van der Waals surface area contributed by atoms with Crippen LogP contribution >= 0.6 is 0 Å². The molecule has 0 aromatic heterocycles. The van der Waals surface area contributed by atoms with E-state index in [0.29, 0.717) is 31.6 Å². The van der Waals surface area contributed by atoms with Crippen molar-refractivity contribution in [3.05, 3.63) is 83.0 Å². The van der Waals surface area contributed by atoms with Gasteiger partial charge in [-0.3, -0.25) is 14.4 Å². The number of amides is 3. The van der Waals surface area contributed by atoms with Crippen LogP contribution in [0.2, 0.25) is 18.6 Å². The Bertz CT molecular complexity index is 1650. The largest absolute Gasteiger partial charge is 0.432 e. The van der Waals surface area contributed by atoms with E-state index in [1.54, 1.807) is 9.80 Å². The van der Waals surface area contributed by atoms with Crippen molar-refractivity contribution < 1.29 is 29.0 Å². The molecule has 0 aliphatic carbocycles. The predicted molar refractivity (Wildman–Crippen MR) is 209 cm³/mol. The maximum absolute atomic E-state index is 15.0. The van der Waals surface area contributed by atoms with Crippen molar-refractivity contribution in [2.45, 2.75) is 116 Å². The summed E-state index contributed by atoms with van der Waals surface area (Å²) in [6.45, 7) is 13.3. The number of aliphatic hydroxyl groups is 1. The summed E-state index contributed by atoms with van der Waals surface area (Å²) in [6, 6.07) is 15.5. The molecule has 3 amide bonds. The first-order chi connectivity index (χ1) is 24.8. The zero-order chi connectivity index (χ0) is 37.6. The summed E-state index contributed by atoms with van der Waals surface area (Å²) in [7, 11) is -3.04. The van der Waals surface area contributed by atoms with Gasteiger partial charge in [0.15, 0.2) is 13.9 Å². The van der Waals surface area contributed by atoms with E-state index in [9.17, 15) is 19.5 Å². The zero-order valence-corrected chi connectivity index (χ0v) is 33.1. The third kappa shape index (κ3) is 8.62. The van der Waals surface area contributed by atoms with Crippen LogP contribution in [0.3, 0.4) is 0 Å². The van der Waals surface area contributed by atoms with Crippen molar-refractivity contribution in [1.29, 1.82) is 0 Å². The van der Waals surface area contributed by atoms with Gasteiger partial charge in [0.05, 0.1) is 24.8 Å². The summed E-state index contributed by atoms with van der Waals surface area (Å²) in [5.74, 6) is -0.769. The third-order valence-corrected chi connectivity index (χ3v) is 13.6. The molecule has 3 heterocycles. The standard InChI is InChI=1S/C42H59N3O6Si/c1-30(2)15-14-16-31(3)22-24-45-36-21-20-34(44-23-13-8-7-12-19-38(44)47)27-35(36)42(41(45)49)32(4)40(52(5,6)50)37(51-42)28-39(48)43(25-26-46)29-33-17-10-9-11-18-33/h9-11,15,17-18,20-22,27,32,37,40,46,50H,7-8,12-14,16,19,23-26,28-29H2,1-6H3/b31-22+/t32-,37+,40-,42+/m0/s1. The molecule has 3 aliphatic heterocycles. The molecule has 2 aromatic rings. The highest BCUT2D eigenvalue weighted by Crippen LogP contribution is 2.60. The lowest BCUT2D eigenvalue weighted by atomic mass is 9.82. The molecule has 2 fully saturated rings. The minimum atomic E-state index is -3.04. The van der Waals surface area contributed by atoms with E-state index in [-0.39, 0.29) is 37.3 Å². The van der Waals surface area contributed by atoms with Crippen LogP contribution in [0.4, 0.5) is 11.4 Å². The number of carbonyl (C=O) groups is 3. The molecule has 0 unspecified atom stereocenters. The minimum Gasteiger partial charge on any atom is -0.432 e. The van der Waals surface area contributed by atoms with Crippen molar-refractivity contribution in [3.63, 3.8) is 0 Å². The van der Waals surface area contributed by atoms with Gasteiger partial charge in [-0.05, 0) is 83.3 Å². The molecule has 10 heteroatoms. The molecule has 282 valence electrons. The highest BCUT2D eigenvalue weighted by Gasteiger charge is 2.66. The van der Waals surface area contributed by atoms with Crippen LogP contribution in [0, 0.1) is 5.92 Å². The first kappa shape index (κ1) is 39.6. The fourth-order valence-corrected chi connectivity index (χ4v) is 11.1. The van der Waals surface area contributed by atoms with Gasteiger partial charge in [0, 0.05) is 55.3 Å². The number of benzene rings is 2. The van der Waals surface area contributed by atoms with E-state index in [2.05, 4.69) is 32.9 Å². The van der Waals surface area contributed by atoms with E-state index in [1.165, 1.54) is 11.1 Å². The summed E-state index contributed by atoms with van der Waals surface area (Å²) in [5.41, 5.74) is 3.71. The second-order valence-electron chi connectivity index (χ2n) is 15.8. The van der Waals surface area contributed by atoms with Crippen LogP contribution in [0.5, 0.6) is 0 Å². The van der Waals surface area contributed by atoms with Crippen LogP contribution in [0.15, 0.2) is 71.8 Å². The second kappa shape index (κ2) is 17.1. The Hall–Kier alpha value is -3.57. The van der Waals surface area contributed by atoms with Gasteiger partial charge in [0.1, 0.15) is 0 Å². The average molecular weight is 730 g/mol. The number of aliphatic hydroxyl groups excluding tert-OH is 1. The monoisotopic (exact) mass is 729 g/mol. The molecule has 52 heavy (non-hydrogen) atoms. The summed E-state index contributed by atoms with van der Waals surface area (Å²) >= 11 is 0. The van der Waals surface area contributed by atoms with Crippen molar-refractivity contribution in [2.24, 2.45) is 5.92 Å². The molecular formula is C42H59N3O6Si. The van der Waals surface area contributed by atoms with Gasteiger partial charge in [0.25, 0.3) is 5.91 Å². The van der Waals surface area contributed by atoms with Gasteiger partial charge < -0.3 is 29.3 Å². The highest BCUT2D eigenvalue weighted by atomic mass is 28.4. The number of allylic oxidation sites excluding steroid dienone is 3. The van der Waals surface area contributed by atoms with Crippen molar-refractivity contribution in [1.82, 2.24) is 4.90 Å². The normalized spacial score (nSPS) is 23.8. The van der Waals surface area contributed by atoms with Crippen LogP contribution in [0.25, 0.3) is 0 Å². The Labute approximate surface area is 311 Å². The molecule has 5 rings (SSSR count). The number of hydrogen-bond donors (Lipinski definition) is 2. The molecule has 0 radical (unpaired) electrons. The number of hydrogen-bond acceptors (Lipinski definition) is 6. The molecule has 2 N–H and O–H groups in total. The van der Waals surface area contributed by atoms with Crippen LogP contribution in [0.1, 0.15) is 90.2 Å². The Kier molecular flexibility index (Phi) is 13.0. The van der Waals surface area contributed by atoms with E-state index in [4.69, 9.17) is 4.74 Å². The maximum atomic E-state index is 15.0. The fourth-order valence-electron chi connectivity index (χ4n) is 8.50. The maximum Gasteiger partial charge on any atom is 0.264 e. The van der Waals surface area contributed by atoms with Crippen molar-refractivity contribution in [2.75, 3.05) is 36.0 Å². The number of ether oxygens (including phenoxy) is 1. The Morgan fingerprint density at radius 1 is 1.04 bits per heavy atom. The van der Waals surface area contributed by atoms with Gasteiger partial charge in [-0.25, -0.2) is 0 Å². The van der Waals surface area contributed by atoms with Gasteiger partial charge in [-0.2, -0.15) is 0 Å². The summed E-state index contributed by atoms with van der Waals surface area (Å²) in [5, 5.41) is 9.89. The summed E-state index contributed by atoms with van der Waals surface area (Å²) in [4.78, 5) is 59.6. The quantitative estimate of drug-likeness (QED) is 0.166. The van der Waals surface area contributed by atoms with E-state index >= 15 is 4.79 Å². The van der Waals surface area contributed by atoms with Gasteiger partial charge in [0.2, 0.25) is 11.8 Å². The third-order valence-electron chi connectivity index (χ3n) is 11.1. The molecule has 4 atom stereocenters. The lowest BCUT2D eigenvalue weighted by molar-refractivity contribution is -0.149. The van der Waals surface area contributed by atoms with Gasteiger partial charge in [-0.1, -0.05) is 73.4 Å². The molecule has 2 saturated heterocycles. The van der Waals surface area contributed by atoms with Crippen LogP contribution in [-0.4, -0.2) is 73.2 Å². The molecule has 2 aromatic carbocycles. The molecule has 0 saturated carbocycles. The topological polar surface area (TPSA) is 111 Å². The molecule has 0 bridgehead atoms. The number of fused-ring (bicyclic) bond motifs is 2.